The Hall–Kier alpha value is -2.60. The van der Waals surface area contributed by atoms with Crippen molar-refractivity contribution in [1.82, 2.24) is 14.9 Å². The number of hydrogen-bond donors (Lipinski definition) is 1. The van der Waals surface area contributed by atoms with E-state index in [9.17, 15) is 9.18 Å². The number of benzene rings is 2. The first kappa shape index (κ1) is 18.2. The molecule has 1 amide bonds. The average molecular weight is 376 g/mol. The van der Waals surface area contributed by atoms with Crippen LogP contribution in [0.3, 0.4) is 0 Å². The number of fused-ring (bicyclic) bond motifs is 1. The predicted molar refractivity (Wildman–Crippen MR) is 99.4 cm³/mol. The smallest absolute Gasteiger partial charge is 0.251 e. The summed E-state index contributed by atoms with van der Waals surface area (Å²) in [6, 6.07) is 8.27. The van der Waals surface area contributed by atoms with Gasteiger partial charge in [0, 0.05) is 35.3 Å². The number of alkyl halides is 1. The summed E-state index contributed by atoms with van der Waals surface area (Å²) in [6.45, 7) is 1.67. The molecule has 0 saturated heterocycles. The molecule has 0 aliphatic rings. The Labute approximate surface area is 155 Å². The third-order valence-electron chi connectivity index (χ3n) is 4.28. The fraction of sp³-hybridized carbons (Fsp3) is 0.263. The van der Waals surface area contributed by atoms with Crippen molar-refractivity contribution in [3.63, 3.8) is 0 Å². The molecule has 0 saturated carbocycles. The van der Waals surface area contributed by atoms with Crippen molar-refractivity contribution in [2.45, 2.75) is 19.6 Å². The first-order chi connectivity index (χ1) is 12.4. The monoisotopic (exact) mass is 375 g/mol. The first-order valence-corrected chi connectivity index (χ1v) is 8.48. The van der Waals surface area contributed by atoms with Crippen LogP contribution in [0.15, 0.2) is 36.7 Å². The fourth-order valence-corrected chi connectivity index (χ4v) is 3.26. The minimum absolute atomic E-state index is 0.235. The second-order valence-electron chi connectivity index (χ2n) is 6.00. The third kappa shape index (κ3) is 3.37. The minimum Gasteiger partial charge on any atom is -0.496 e. The SMILES string of the molecule is COc1ccc2ncn(C)c2c1CNC(=O)c1ccc(C(C)F)c(Cl)c1. The van der Waals surface area contributed by atoms with Gasteiger partial charge in [0.25, 0.3) is 5.91 Å². The van der Waals surface area contributed by atoms with Crippen LogP contribution in [0.25, 0.3) is 11.0 Å². The van der Waals surface area contributed by atoms with Gasteiger partial charge in [0.2, 0.25) is 0 Å². The van der Waals surface area contributed by atoms with E-state index >= 15 is 0 Å². The minimum atomic E-state index is -1.19. The number of rotatable bonds is 5. The lowest BCUT2D eigenvalue weighted by Gasteiger charge is -2.13. The summed E-state index contributed by atoms with van der Waals surface area (Å²) < 4.78 is 20.7. The number of hydrogen-bond acceptors (Lipinski definition) is 3. The largest absolute Gasteiger partial charge is 0.496 e. The number of carbonyl (C=O) groups excluding carboxylic acids is 1. The molecule has 0 fully saturated rings. The van der Waals surface area contributed by atoms with E-state index in [1.165, 1.54) is 19.1 Å². The van der Waals surface area contributed by atoms with Gasteiger partial charge >= 0.3 is 0 Å². The Balaban J connectivity index is 1.85. The number of aromatic nitrogens is 2. The molecule has 1 N–H and O–H groups in total. The van der Waals surface area contributed by atoms with Crippen LogP contribution in [0, 0.1) is 0 Å². The predicted octanol–water partition coefficient (Wildman–Crippen LogP) is 4.20. The van der Waals surface area contributed by atoms with Crippen LogP contribution in [0.4, 0.5) is 4.39 Å². The van der Waals surface area contributed by atoms with E-state index in [1.54, 1.807) is 19.5 Å². The van der Waals surface area contributed by atoms with Gasteiger partial charge in [-0.15, -0.1) is 0 Å². The zero-order chi connectivity index (χ0) is 18.8. The molecule has 3 rings (SSSR count). The van der Waals surface area contributed by atoms with Crippen LogP contribution >= 0.6 is 11.6 Å². The second kappa shape index (κ2) is 7.33. The van der Waals surface area contributed by atoms with E-state index in [4.69, 9.17) is 16.3 Å². The summed E-state index contributed by atoms with van der Waals surface area (Å²) in [6.07, 6.45) is 0.526. The van der Waals surface area contributed by atoms with Crippen molar-refractivity contribution in [2.24, 2.45) is 7.05 Å². The molecule has 3 aromatic rings. The van der Waals surface area contributed by atoms with Crippen molar-refractivity contribution >= 4 is 28.5 Å². The van der Waals surface area contributed by atoms with Gasteiger partial charge in [0.05, 0.1) is 24.5 Å². The Bertz CT molecular complexity index is 969. The van der Waals surface area contributed by atoms with Gasteiger partial charge in [-0.2, -0.15) is 0 Å². The summed E-state index contributed by atoms with van der Waals surface area (Å²) >= 11 is 6.07. The van der Waals surface area contributed by atoms with Gasteiger partial charge in [-0.25, -0.2) is 9.37 Å². The van der Waals surface area contributed by atoms with Gasteiger partial charge in [-0.3, -0.25) is 4.79 Å². The van der Waals surface area contributed by atoms with Crippen molar-refractivity contribution in [1.29, 1.82) is 0 Å². The molecule has 1 unspecified atom stereocenters. The average Bonchev–Trinajstić information content (AvgIpc) is 3.00. The van der Waals surface area contributed by atoms with Crippen LogP contribution in [-0.2, 0) is 13.6 Å². The van der Waals surface area contributed by atoms with E-state index in [1.807, 2.05) is 23.7 Å². The highest BCUT2D eigenvalue weighted by molar-refractivity contribution is 6.31. The Morgan fingerprint density at radius 1 is 1.38 bits per heavy atom. The van der Waals surface area contributed by atoms with Crippen molar-refractivity contribution < 1.29 is 13.9 Å². The van der Waals surface area contributed by atoms with Crippen LogP contribution in [0.5, 0.6) is 5.75 Å². The molecule has 2 aromatic carbocycles. The topological polar surface area (TPSA) is 56.1 Å². The van der Waals surface area contributed by atoms with E-state index in [-0.39, 0.29) is 17.5 Å². The molecule has 26 heavy (non-hydrogen) atoms. The molecule has 1 heterocycles. The van der Waals surface area contributed by atoms with Gasteiger partial charge < -0.3 is 14.6 Å². The summed E-state index contributed by atoms with van der Waals surface area (Å²) in [5.74, 6) is 0.368. The third-order valence-corrected chi connectivity index (χ3v) is 4.61. The lowest BCUT2D eigenvalue weighted by molar-refractivity contribution is 0.0950. The molecule has 1 aromatic heterocycles. The number of methoxy groups -OCH3 is 1. The maximum absolute atomic E-state index is 13.4. The maximum Gasteiger partial charge on any atom is 0.251 e. The molecule has 0 aliphatic heterocycles. The lowest BCUT2D eigenvalue weighted by Crippen LogP contribution is -2.23. The molecule has 136 valence electrons. The summed E-state index contributed by atoms with van der Waals surface area (Å²) in [7, 11) is 3.47. The first-order valence-electron chi connectivity index (χ1n) is 8.11. The zero-order valence-corrected chi connectivity index (χ0v) is 15.5. The molecule has 7 heteroatoms. The molecular formula is C19H19ClFN3O2. The number of aryl methyl sites for hydroxylation is 1. The highest BCUT2D eigenvalue weighted by atomic mass is 35.5. The normalized spacial score (nSPS) is 12.2. The van der Waals surface area contributed by atoms with Gasteiger partial charge in [0.15, 0.2) is 0 Å². The number of halogens is 2. The van der Waals surface area contributed by atoms with Crippen LogP contribution in [-0.4, -0.2) is 22.6 Å². The van der Waals surface area contributed by atoms with Gasteiger partial charge in [-0.1, -0.05) is 17.7 Å². The number of nitrogens with zero attached hydrogens (tertiary/aromatic N) is 2. The standard InChI is InChI=1S/C19H19ClFN3O2/c1-11(21)13-5-4-12(8-15(13)20)19(25)22-9-14-17(26-3)7-6-16-18(14)24(2)10-23-16/h4-8,10-11H,9H2,1-3H3,(H,22,25). The molecular weight excluding hydrogens is 357 g/mol. The molecule has 5 nitrogen and oxygen atoms in total. The van der Waals surface area contributed by atoms with E-state index in [0.717, 1.165) is 16.6 Å². The zero-order valence-electron chi connectivity index (χ0n) is 14.7. The highest BCUT2D eigenvalue weighted by Gasteiger charge is 2.15. The van der Waals surface area contributed by atoms with Gasteiger partial charge in [0.1, 0.15) is 11.9 Å². The number of imidazole rings is 1. The fourth-order valence-electron chi connectivity index (χ4n) is 2.93. The van der Waals surface area contributed by atoms with Crippen LogP contribution < -0.4 is 10.1 Å². The summed E-state index contributed by atoms with van der Waals surface area (Å²) in [5, 5.41) is 3.10. The van der Waals surface area contributed by atoms with Crippen molar-refractivity contribution in [3.8, 4) is 5.75 Å². The number of nitrogens with one attached hydrogen (secondary N) is 1. The van der Waals surface area contributed by atoms with Crippen LogP contribution in [0.1, 0.15) is 34.6 Å². The number of ether oxygens (including phenoxy) is 1. The van der Waals surface area contributed by atoms with E-state index in [2.05, 4.69) is 10.3 Å². The Kier molecular flexibility index (Phi) is 5.13. The highest BCUT2D eigenvalue weighted by Crippen LogP contribution is 2.28. The summed E-state index contributed by atoms with van der Waals surface area (Å²) in [4.78, 5) is 16.8. The Morgan fingerprint density at radius 3 is 2.81 bits per heavy atom. The lowest BCUT2D eigenvalue weighted by atomic mass is 10.1. The van der Waals surface area contributed by atoms with E-state index < -0.39 is 6.17 Å². The van der Waals surface area contributed by atoms with Gasteiger partial charge in [-0.05, 0) is 31.2 Å². The molecule has 0 aliphatic carbocycles. The quantitative estimate of drug-likeness (QED) is 0.727. The molecule has 0 spiro atoms. The molecule has 0 radical (unpaired) electrons. The summed E-state index contributed by atoms with van der Waals surface area (Å²) in [5.41, 5.74) is 3.28. The van der Waals surface area contributed by atoms with E-state index in [0.29, 0.717) is 16.9 Å². The van der Waals surface area contributed by atoms with Crippen molar-refractivity contribution in [3.05, 3.63) is 58.4 Å². The molecule has 0 bridgehead atoms. The number of carbonyl (C=O) groups is 1. The maximum atomic E-state index is 13.4. The van der Waals surface area contributed by atoms with Crippen molar-refractivity contribution in [2.75, 3.05) is 7.11 Å². The Morgan fingerprint density at radius 2 is 2.15 bits per heavy atom. The van der Waals surface area contributed by atoms with Crippen LogP contribution in [0.2, 0.25) is 5.02 Å². The molecule has 1 atom stereocenters. The number of amides is 1. The second-order valence-corrected chi connectivity index (χ2v) is 6.41.